The van der Waals surface area contributed by atoms with E-state index >= 15 is 0 Å². The van der Waals surface area contributed by atoms with Crippen molar-refractivity contribution in [3.63, 3.8) is 0 Å². The van der Waals surface area contributed by atoms with Crippen LogP contribution in [0.15, 0.2) is 30.3 Å². The summed E-state index contributed by atoms with van der Waals surface area (Å²) in [5.41, 5.74) is 0.240. The summed E-state index contributed by atoms with van der Waals surface area (Å²) in [6, 6.07) is 10.0. The minimum absolute atomic E-state index is 0.172. The largest absolute Gasteiger partial charge is 0.444 e. The summed E-state index contributed by atoms with van der Waals surface area (Å²) in [6.07, 6.45) is 2.25. The number of hydrogen-bond donors (Lipinski definition) is 1. The van der Waals surface area contributed by atoms with Crippen LogP contribution in [0.3, 0.4) is 0 Å². The second kappa shape index (κ2) is 9.23. The molecule has 0 radical (unpaired) electrons. The highest BCUT2D eigenvalue weighted by molar-refractivity contribution is 5.69. The van der Waals surface area contributed by atoms with Crippen LogP contribution in [0.25, 0.3) is 0 Å². The highest BCUT2D eigenvalue weighted by Crippen LogP contribution is 2.30. The lowest BCUT2D eigenvalue weighted by molar-refractivity contribution is -0.00776. The normalized spacial score (nSPS) is 15.3. The standard InChI is InChI=1S/C21H35NO3/c1-7-21(6,14-13-17(2)16-23)22(19(24)25-20(3,4)5)15-18-11-9-8-10-12-18/h8-12,17,23H,7,13-16H2,1-6H3. The molecule has 0 heterocycles. The minimum atomic E-state index is -0.529. The van der Waals surface area contributed by atoms with E-state index in [0.29, 0.717) is 6.54 Å². The van der Waals surface area contributed by atoms with E-state index in [-0.39, 0.29) is 24.2 Å². The summed E-state index contributed by atoms with van der Waals surface area (Å²) in [5.74, 6) is 0.225. The fourth-order valence-electron chi connectivity index (χ4n) is 2.71. The molecule has 1 N–H and O–H groups in total. The quantitative estimate of drug-likeness (QED) is 0.718. The fraction of sp³-hybridized carbons (Fsp3) is 0.667. The van der Waals surface area contributed by atoms with E-state index < -0.39 is 5.60 Å². The van der Waals surface area contributed by atoms with Crippen molar-refractivity contribution in [1.82, 2.24) is 4.90 Å². The van der Waals surface area contributed by atoms with E-state index in [2.05, 4.69) is 13.8 Å². The number of amides is 1. The molecule has 1 amide bonds. The maximum atomic E-state index is 12.9. The van der Waals surface area contributed by atoms with Gasteiger partial charge in [0.25, 0.3) is 0 Å². The van der Waals surface area contributed by atoms with Crippen LogP contribution in [0, 0.1) is 5.92 Å². The molecule has 0 aliphatic carbocycles. The molecule has 0 spiro atoms. The molecule has 0 bridgehead atoms. The summed E-state index contributed by atoms with van der Waals surface area (Å²) in [7, 11) is 0. The summed E-state index contributed by atoms with van der Waals surface area (Å²) < 4.78 is 5.69. The van der Waals surface area contributed by atoms with Crippen molar-refractivity contribution in [3.05, 3.63) is 35.9 Å². The predicted octanol–water partition coefficient (Wildman–Crippen LogP) is 5.00. The highest BCUT2D eigenvalue weighted by Gasteiger charge is 2.36. The number of aliphatic hydroxyl groups excluding tert-OH is 1. The zero-order valence-corrected chi connectivity index (χ0v) is 16.7. The summed E-state index contributed by atoms with van der Waals surface area (Å²) in [6.45, 7) is 12.6. The molecule has 4 nitrogen and oxygen atoms in total. The van der Waals surface area contributed by atoms with Crippen LogP contribution in [0.1, 0.15) is 66.4 Å². The number of carbonyl (C=O) groups is 1. The molecule has 2 unspecified atom stereocenters. The number of aliphatic hydroxyl groups is 1. The Labute approximate surface area is 153 Å². The van der Waals surface area contributed by atoms with Gasteiger partial charge in [0.2, 0.25) is 0 Å². The van der Waals surface area contributed by atoms with Gasteiger partial charge in [-0.25, -0.2) is 4.79 Å². The SMILES string of the molecule is CCC(C)(CCC(C)CO)N(Cc1ccccc1)C(=O)OC(C)(C)C. The van der Waals surface area contributed by atoms with Crippen molar-refractivity contribution < 1.29 is 14.6 Å². The molecule has 0 aliphatic heterocycles. The first-order valence-electron chi connectivity index (χ1n) is 9.26. The van der Waals surface area contributed by atoms with Crippen molar-refractivity contribution in [2.24, 2.45) is 5.92 Å². The average molecular weight is 350 g/mol. The van der Waals surface area contributed by atoms with Gasteiger partial charge in [-0.3, -0.25) is 4.90 Å². The summed E-state index contributed by atoms with van der Waals surface area (Å²) >= 11 is 0. The molecule has 0 saturated carbocycles. The van der Waals surface area contributed by atoms with E-state index in [9.17, 15) is 9.90 Å². The second-order valence-electron chi connectivity index (χ2n) is 8.23. The number of nitrogens with zero attached hydrogens (tertiary/aromatic N) is 1. The van der Waals surface area contributed by atoms with Crippen molar-refractivity contribution >= 4 is 6.09 Å². The summed E-state index contributed by atoms with van der Waals surface area (Å²) in [5, 5.41) is 9.33. The van der Waals surface area contributed by atoms with Gasteiger partial charge in [0, 0.05) is 18.7 Å². The van der Waals surface area contributed by atoms with Gasteiger partial charge in [-0.1, -0.05) is 44.2 Å². The molecule has 1 rings (SSSR count). The van der Waals surface area contributed by atoms with Crippen molar-refractivity contribution in [2.75, 3.05) is 6.61 Å². The van der Waals surface area contributed by atoms with E-state index in [1.165, 1.54) is 0 Å². The zero-order chi connectivity index (χ0) is 19.1. The van der Waals surface area contributed by atoms with Crippen LogP contribution >= 0.6 is 0 Å². The van der Waals surface area contributed by atoms with Gasteiger partial charge in [-0.15, -0.1) is 0 Å². The summed E-state index contributed by atoms with van der Waals surface area (Å²) in [4.78, 5) is 14.8. The Morgan fingerprint density at radius 3 is 2.28 bits per heavy atom. The Morgan fingerprint density at radius 1 is 1.20 bits per heavy atom. The van der Waals surface area contributed by atoms with E-state index in [1.54, 1.807) is 0 Å². The van der Waals surface area contributed by atoms with Gasteiger partial charge in [-0.2, -0.15) is 0 Å². The third-order valence-electron chi connectivity index (χ3n) is 4.70. The Balaban J connectivity index is 3.06. The van der Waals surface area contributed by atoms with Crippen LogP contribution in [0.5, 0.6) is 0 Å². The van der Waals surface area contributed by atoms with Crippen molar-refractivity contribution in [2.45, 2.75) is 78.5 Å². The molecule has 4 heteroatoms. The van der Waals surface area contributed by atoms with Gasteiger partial charge in [0.1, 0.15) is 5.60 Å². The molecule has 1 aromatic rings. The molecular formula is C21H35NO3. The lowest BCUT2D eigenvalue weighted by atomic mass is 9.87. The van der Waals surface area contributed by atoms with Crippen molar-refractivity contribution in [1.29, 1.82) is 0 Å². The maximum absolute atomic E-state index is 12.9. The molecule has 0 aliphatic rings. The lowest BCUT2D eigenvalue weighted by Gasteiger charge is -2.42. The smallest absolute Gasteiger partial charge is 0.411 e. The van der Waals surface area contributed by atoms with Crippen LogP contribution < -0.4 is 0 Å². The fourth-order valence-corrected chi connectivity index (χ4v) is 2.71. The number of ether oxygens (including phenoxy) is 1. The van der Waals surface area contributed by atoms with E-state index in [0.717, 1.165) is 24.8 Å². The van der Waals surface area contributed by atoms with Gasteiger partial charge < -0.3 is 9.84 Å². The topological polar surface area (TPSA) is 49.8 Å². The Kier molecular flexibility index (Phi) is 7.94. The van der Waals surface area contributed by atoms with Crippen LogP contribution in [-0.4, -0.2) is 33.8 Å². The third kappa shape index (κ3) is 7.07. The molecule has 142 valence electrons. The van der Waals surface area contributed by atoms with Gasteiger partial charge in [-0.05, 0) is 58.4 Å². The maximum Gasteiger partial charge on any atom is 0.411 e. The van der Waals surface area contributed by atoms with Gasteiger partial charge >= 0.3 is 6.09 Å². The van der Waals surface area contributed by atoms with Crippen LogP contribution in [0.4, 0.5) is 4.79 Å². The first-order valence-corrected chi connectivity index (χ1v) is 9.26. The van der Waals surface area contributed by atoms with Gasteiger partial charge in [0.05, 0.1) is 0 Å². The second-order valence-corrected chi connectivity index (χ2v) is 8.23. The highest BCUT2D eigenvalue weighted by atomic mass is 16.6. The third-order valence-corrected chi connectivity index (χ3v) is 4.70. The van der Waals surface area contributed by atoms with Gasteiger partial charge in [0.15, 0.2) is 0 Å². The first-order chi connectivity index (χ1) is 11.6. The Hall–Kier alpha value is -1.55. The number of rotatable bonds is 8. The number of hydrogen-bond acceptors (Lipinski definition) is 3. The molecular weight excluding hydrogens is 314 g/mol. The Morgan fingerprint density at radius 2 is 1.80 bits per heavy atom. The average Bonchev–Trinajstić information content (AvgIpc) is 2.56. The van der Waals surface area contributed by atoms with Crippen molar-refractivity contribution in [3.8, 4) is 0 Å². The molecule has 0 saturated heterocycles. The predicted molar refractivity (Wildman–Crippen MR) is 102 cm³/mol. The van der Waals surface area contributed by atoms with E-state index in [1.807, 2.05) is 62.9 Å². The van der Waals surface area contributed by atoms with Crippen LogP contribution in [0.2, 0.25) is 0 Å². The minimum Gasteiger partial charge on any atom is -0.444 e. The molecule has 0 fully saturated rings. The van der Waals surface area contributed by atoms with E-state index in [4.69, 9.17) is 4.74 Å². The number of carbonyl (C=O) groups excluding carboxylic acids is 1. The molecule has 1 aromatic carbocycles. The molecule has 2 atom stereocenters. The Bertz CT molecular complexity index is 524. The molecule has 0 aromatic heterocycles. The lowest BCUT2D eigenvalue weighted by Crippen LogP contribution is -2.50. The monoisotopic (exact) mass is 349 g/mol. The first kappa shape index (κ1) is 21.5. The zero-order valence-electron chi connectivity index (χ0n) is 16.7. The van der Waals surface area contributed by atoms with Crippen LogP contribution in [-0.2, 0) is 11.3 Å². The molecule has 25 heavy (non-hydrogen) atoms. The number of benzene rings is 1.